The summed E-state index contributed by atoms with van der Waals surface area (Å²) in [5, 5.41) is 12.9. The Morgan fingerprint density at radius 3 is 2.67 bits per heavy atom. The number of nitrogens with one attached hydrogen (secondary N) is 1. The summed E-state index contributed by atoms with van der Waals surface area (Å²) in [5.41, 5.74) is 2.05. The molecule has 2 N–H and O–H groups in total. The van der Waals surface area contributed by atoms with Gasteiger partial charge in [-0.05, 0) is 43.5 Å². The number of piperidine rings is 1. The zero-order valence-corrected chi connectivity index (χ0v) is 20.9. The number of rotatable bonds is 8. The van der Waals surface area contributed by atoms with Crippen LogP contribution in [0.25, 0.3) is 10.9 Å². The number of amides is 1. The smallest absolute Gasteiger partial charge is 0.306 e. The minimum Gasteiger partial charge on any atom is -0.481 e. The number of carbonyl (C=O) groups excluding carboxylic acids is 1. The molecule has 1 aromatic carbocycles. The summed E-state index contributed by atoms with van der Waals surface area (Å²) in [5.74, 6) is -0.788. The van der Waals surface area contributed by atoms with Crippen molar-refractivity contribution < 1.29 is 19.4 Å². The SMILES string of the molecule is CCn1c(=O)c(OCC(=O)NC)cc2cc(Cc3nc(N4CCC(C(=O)O)CC4)ncc3Cl)ccc21. The van der Waals surface area contributed by atoms with Crippen LogP contribution in [0.4, 0.5) is 5.95 Å². The van der Waals surface area contributed by atoms with Crippen molar-refractivity contribution in [2.45, 2.75) is 32.7 Å². The third-order valence-corrected chi connectivity index (χ3v) is 6.70. The molecule has 1 fully saturated rings. The maximum absolute atomic E-state index is 12.8. The molecule has 2 aromatic heterocycles. The van der Waals surface area contributed by atoms with Gasteiger partial charge in [0.25, 0.3) is 11.5 Å². The Morgan fingerprint density at radius 1 is 1.25 bits per heavy atom. The van der Waals surface area contributed by atoms with Gasteiger partial charge in [-0.2, -0.15) is 0 Å². The van der Waals surface area contributed by atoms with Gasteiger partial charge in [0, 0.05) is 38.5 Å². The van der Waals surface area contributed by atoms with Gasteiger partial charge >= 0.3 is 5.97 Å². The molecule has 0 aliphatic carbocycles. The van der Waals surface area contributed by atoms with Gasteiger partial charge in [-0.3, -0.25) is 14.4 Å². The van der Waals surface area contributed by atoms with Gasteiger partial charge < -0.3 is 24.6 Å². The molecule has 36 heavy (non-hydrogen) atoms. The minimum atomic E-state index is -0.764. The van der Waals surface area contributed by atoms with Crippen molar-refractivity contribution in [3.8, 4) is 5.75 Å². The van der Waals surface area contributed by atoms with Crippen LogP contribution in [0.3, 0.4) is 0 Å². The Hall–Kier alpha value is -3.66. The number of ether oxygens (including phenoxy) is 1. The molecule has 0 atom stereocenters. The molecule has 0 radical (unpaired) electrons. The average molecular weight is 514 g/mol. The Morgan fingerprint density at radius 2 is 2.00 bits per heavy atom. The normalized spacial score (nSPS) is 14.1. The first-order valence-electron chi connectivity index (χ1n) is 11.8. The van der Waals surface area contributed by atoms with E-state index in [-0.39, 0.29) is 29.7 Å². The van der Waals surface area contributed by atoms with Crippen LogP contribution in [-0.4, -0.2) is 58.3 Å². The first-order chi connectivity index (χ1) is 17.3. The number of nitrogens with zero attached hydrogens (tertiary/aromatic N) is 4. The molecule has 1 aliphatic heterocycles. The molecule has 10 nitrogen and oxygen atoms in total. The van der Waals surface area contributed by atoms with E-state index in [4.69, 9.17) is 16.3 Å². The van der Waals surface area contributed by atoms with E-state index >= 15 is 0 Å². The minimum absolute atomic E-state index is 0.109. The first-order valence-corrected chi connectivity index (χ1v) is 12.2. The van der Waals surface area contributed by atoms with E-state index in [1.807, 2.05) is 30.0 Å². The van der Waals surface area contributed by atoms with E-state index in [1.165, 1.54) is 7.05 Å². The molecular formula is C25H28ClN5O5. The molecule has 0 bridgehead atoms. The summed E-state index contributed by atoms with van der Waals surface area (Å²) in [4.78, 5) is 46.7. The lowest BCUT2D eigenvalue weighted by molar-refractivity contribution is -0.142. The molecule has 1 aliphatic rings. The quantitative estimate of drug-likeness (QED) is 0.470. The number of likely N-dealkylation sites (N-methyl/N-ethyl adjacent to an activating group) is 1. The highest BCUT2D eigenvalue weighted by molar-refractivity contribution is 6.31. The van der Waals surface area contributed by atoms with Crippen LogP contribution >= 0.6 is 11.6 Å². The second-order valence-electron chi connectivity index (χ2n) is 8.65. The molecular weight excluding hydrogens is 486 g/mol. The highest BCUT2D eigenvalue weighted by Gasteiger charge is 2.26. The first kappa shape index (κ1) is 25.4. The van der Waals surface area contributed by atoms with E-state index in [0.29, 0.717) is 55.6 Å². The Bertz CT molecular complexity index is 1350. The van der Waals surface area contributed by atoms with Crippen molar-refractivity contribution in [3.63, 3.8) is 0 Å². The number of aryl methyl sites for hydroxylation is 1. The topological polar surface area (TPSA) is 127 Å². The van der Waals surface area contributed by atoms with Crippen LogP contribution in [0.2, 0.25) is 5.02 Å². The van der Waals surface area contributed by atoms with E-state index < -0.39 is 5.97 Å². The number of benzene rings is 1. The van der Waals surface area contributed by atoms with Gasteiger partial charge in [-0.1, -0.05) is 17.7 Å². The number of fused-ring (bicyclic) bond motifs is 1. The van der Waals surface area contributed by atoms with Gasteiger partial charge in [-0.25, -0.2) is 9.97 Å². The fraction of sp³-hybridized carbons (Fsp3) is 0.400. The van der Waals surface area contributed by atoms with Crippen molar-refractivity contribution in [1.29, 1.82) is 0 Å². The molecule has 0 unspecified atom stereocenters. The number of carboxylic acids is 1. The molecule has 0 saturated carbocycles. The van der Waals surface area contributed by atoms with E-state index in [1.54, 1.807) is 16.8 Å². The Balaban J connectivity index is 1.60. The average Bonchev–Trinajstić information content (AvgIpc) is 2.88. The van der Waals surface area contributed by atoms with Crippen molar-refractivity contribution in [2.24, 2.45) is 5.92 Å². The van der Waals surface area contributed by atoms with E-state index in [0.717, 1.165) is 16.5 Å². The molecule has 11 heteroatoms. The fourth-order valence-corrected chi connectivity index (χ4v) is 4.50. The van der Waals surface area contributed by atoms with Gasteiger partial charge in [-0.15, -0.1) is 0 Å². The number of aliphatic carboxylic acids is 1. The predicted molar refractivity (Wildman–Crippen MR) is 136 cm³/mol. The van der Waals surface area contributed by atoms with Crippen molar-refractivity contribution in [3.05, 3.63) is 57.1 Å². The molecule has 1 saturated heterocycles. The van der Waals surface area contributed by atoms with Gasteiger partial charge in [0.15, 0.2) is 12.4 Å². The number of halogens is 1. The summed E-state index contributed by atoms with van der Waals surface area (Å²) >= 11 is 6.42. The fourth-order valence-electron chi connectivity index (χ4n) is 4.34. The summed E-state index contributed by atoms with van der Waals surface area (Å²) in [7, 11) is 1.50. The van der Waals surface area contributed by atoms with E-state index in [2.05, 4.69) is 15.3 Å². The van der Waals surface area contributed by atoms with Crippen molar-refractivity contribution >= 4 is 40.3 Å². The van der Waals surface area contributed by atoms with Crippen molar-refractivity contribution in [1.82, 2.24) is 19.9 Å². The zero-order chi connectivity index (χ0) is 25.8. The van der Waals surface area contributed by atoms with Crippen LogP contribution < -0.4 is 20.5 Å². The van der Waals surface area contributed by atoms with Crippen LogP contribution in [0.1, 0.15) is 31.0 Å². The van der Waals surface area contributed by atoms with Gasteiger partial charge in [0.05, 0.1) is 28.3 Å². The second-order valence-corrected chi connectivity index (χ2v) is 9.06. The number of anilines is 1. The largest absolute Gasteiger partial charge is 0.481 e. The van der Waals surface area contributed by atoms with Crippen LogP contribution in [0.5, 0.6) is 5.75 Å². The molecule has 3 heterocycles. The highest BCUT2D eigenvalue weighted by atomic mass is 35.5. The summed E-state index contributed by atoms with van der Waals surface area (Å²) < 4.78 is 7.10. The van der Waals surface area contributed by atoms with Crippen LogP contribution in [-0.2, 0) is 22.6 Å². The van der Waals surface area contributed by atoms with E-state index in [9.17, 15) is 19.5 Å². The van der Waals surface area contributed by atoms with Crippen LogP contribution in [0.15, 0.2) is 35.3 Å². The lowest BCUT2D eigenvalue weighted by Crippen LogP contribution is -2.37. The third-order valence-electron chi connectivity index (χ3n) is 6.38. The number of carboxylic acid groups (broad SMARTS) is 1. The second kappa shape index (κ2) is 10.9. The highest BCUT2D eigenvalue weighted by Crippen LogP contribution is 2.26. The molecule has 0 spiro atoms. The number of aromatic nitrogens is 3. The van der Waals surface area contributed by atoms with Gasteiger partial charge in [0.2, 0.25) is 5.95 Å². The lowest BCUT2D eigenvalue weighted by Gasteiger charge is -2.30. The third kappa shape index (κ3) is 5.43. The summed E-state index contributed by atoms with van der Waals surface area (Å²) in [6.07, 6.45) is 3.11. The zero-order valence-electron chi connectivity index (χ0n) is 20.2. The maximum atomic E-state index is 12.8. The standard InChI is InChI=1S/C25H28ClN5O5/c1-3-31-20-5-4-15(10-17(20)12-21(23(31)33)36-14-22(32)27-2)11-19-18(26)13-28-25(29-19)30-8-6-16(7-9-30)24(34)35/h4-5,10,12-13,16H,3,6-9,11,14H2,1-2H3,(H,27,32)(H,34,35). The number of pyridine rings is 1. The lowest BCUT2D eigenvalue weighted by atomic mass is 9.97. The molecule has 3 aromatic rings. The number of hydrogen-bond acceptors (Lipinski definition) is 7. The van der Waals surface area contributed by atoms with Gasteiger partial charge in [0.1, 0.15) is 0 Å². The predicted octanol–water partition coefficient (Wildman–Crippen LogP) is 2.48. The molecule has 190 valence electrons. The summed E-state index contributed by atoms with van der Waals surface area (Å²) in [6, 6.07) is 7.40. The van der Waals surface area contributed by atoms with Crippen molar-refractivity contribution in [2.75, 3.05) is 31.6 Å². The Kier molecular flexibility index (Phi) is 7.73. The molecule has 1 amide bonds. The van der Waals surface area contributed by atoms with Crippen LogP contribution in [0, 0.1) is 5.92 Å². The number of hydrogen-bond donors (Lipinski definition) is 2. The maximum Gasteiger partial charge on any atom is 0.306 e. The molecule has 4 rings (SSSR count). The summed E-state index contributed by atoms with van der Waals surface area (Å²) in [6.45, 7) is 3.22. The number of carbonyl (C=O) groups is 2. The Labute approximate surface area is 212 Å². The monoisotopic (exact) mass is 513 g/mol.